The average molecular weight is 204 g/mol. The number of rotatable bonds is 0. The summed E-state index contributed by atoms with van der Waals surface area (Å²) in [4.78, 5) is 20.9. The Morgan fingerprint density at radius 1 is 1.69 bits per heavy atom. The van der Waals surface area contributed by atoms with Crippen molar-refractivity contribution in [3.8, 4) is 0 Å². The fourth-order valence-corrected chi connectivity index (χ4v) is 0.928. The van der Waals surface area contributed by atoms with Gasteiger partial charge in [-0.3, -0.25) is 4.79 Å². The molecule has 0 aromatic heterocycles. The van der Waals surface area contributed by atoms with E-state index in [0.29, 0.717) is 0 Å². The average Bonchev–Trinajstić information content (AvgIpc) is 2.80. The summed E-state index contributed by atoms with van der Waals surface area (Å²) in [6, 6.07) is 0. The standard InChI is InChI=1S/C4H4N2O2S.C2H4O2/c1-2-9-6-5-3-4(1)7-8-4;1-2(3)4/h1-3,6H;1H3,(H,3,4). The van der Waals surface area contributed by atoms with Gasteiger partial charge in [0.1, 0.15) is 0 Å². The van der Waals surface area contributed by atoms with E-state index in [4.69, 9.17) is 9.90 Å². The molecule has 2 aliphatic rings. The van der Waals surface area contributed by atoms with E-state index < -0.39 is 11.8 Å². The Labute approximate surface area is 78.7 Å². The molecule has 0 saturated carbocycles. The molecule has 6 nitrogen and oxygen atoms in total. The molecule has 1 spiro atoms. The van der Waals surface area contributed by atoms with E-state index in [2.05, 4.69) is 19.7 Å². The highest BCUT2D eigenvalue weighted by Crippen LogP contribution is 2.30. The molecule has 2 heterocycles. The first-order chi connectivity index (χ1) is 6.15. The van der Waals surface area contributed by atoms with E-state index >= 15 is 0 Å². The molecule has 1 fully saturated rings. The third-order valence-corrected chi connectivity index (χ3v) is 1.48. The number of hydrazone groups is 1. The van der Waals surface area contributed by atoms with Gasteiger partial charge in [0.05, 0.1) is 6.21 Å². The molecule has 13 heavy (non-hydrogen) atoms. The van der Waals surface area contributed by atoms with Gasteiger partial charge in [-0.15, -0.1) is 0 Å². The Morgan fingerprint density at radius 3 is 2.85 bits per heavy atom. The summed E-state index contributed by atoms with van der Waals surface area (Å²) in [5.41, 5.74) is 0. The topological polar surface area (TPSA) is 86.8 Å². The lowest BCUT2D eigenvalue weighted by Gasteiger charge is -1.84. The molecule has 0 amide bonds. The van der Waals surface area contributed by atoms with E-state index in [9.17, 15) is 0 Å². The Bertz CT molecular complexity index is 229. The second-order valence-corrected chi connectivity index (χ2v) is 2.87. The molecule has 72 valence electrons. The van der Waals surface area contributed by atoms with Crippen molar-refractivity contribution in [2.75, 3.05) is 0 Å². The first kappa shape index (κ1) is 10.0. The van der Waals surface area contributed by atoms with Crippen LogP contribution in [0.25, 0.3) is 0 Å². The van der Waals surface area contributed by atoms with Gasteiger partial charge in [0.15, 0.2) is 0 Å². The van der Waals surface area contributed by atoms with Crippen LogP contribution in [0.2, 0.25) is 0 Å². The van der Waals surface area contributed by atoms with Crippen molar-refractivity contribution in [3.05, 3.63) is 11.5 Å². The summed E-state index contributed by atoms with van der Waals surface area (Å²) in [7, 11) is 0. The van der Waals surface area contributed by atoms with E-state index in [1.54, 1.807) is 12.3 Å². The maximum atomic E-state index is 9.00. The molecule has 0 radical (unpaired) electrons. The molecular formula is C6H8N2O4S. The lowest BCUT2D eigenvalue weighted by Crippen LogP contribution is -2.06. The molecule has 0 unspecified atom stereocenters. The molecule has 2 N–H and O–H groups in total. The van der Waals surface area contributed by atoms with Crippen molar-refractivity contribution in [2.24, 2.45) is 5.10 Å². The van der Waals surface area contributed by atoms with Crippen molar-refractivity contribution >= 4 is 24.1 Å². The van der Waals surface area contributed by atoms with Crippen molar-refractivity contribution in [1.29, 1.82) is 0 Å². The molecule has 2 rings (SSSR count). The zero-order valence-corrected chi connectivity index (χ0v) is 7.58. The predicted octanol–water partition coefficient (Wildman–Crippen LogP) is 0.486. The van der Waals surface area contributed by atoms with Crippen LogP contribution >= 0.6 is 11.9 Å². The van der Waals surface area contributed by atoms with E-state index in [1.807, 2.05) is 5.41 Å². The summed E-state index contributed by atoms with van der Waals surface area (Å²) in [5, 5.41) is 13.0. The Balaban J connectivity index is 0.000000184. The number of carboxylic acids is 1. The highest BCUT2D eigenvalue weighted by molar-refractivity contribution is 8.00. The van der Waals surface area contributed by atoms with Crippen LogP contribution in [0.5, 0.6) is 0 Å². The van der Waals surface area contributed by atoms with Gasteiger partial charge in [0.2, 0.25) is 0 Å². The van der Waals surface area contributed by atoms with Gasteiger partial charge in [0, 0.05) is 6.92 Å². The van der Waals surface area contributed by atoms with Crippen molar-refractivity contribution < 1.29 is 19.7 Å². The second-order valence-electron chi connectivity index (χ2n) is 2.18. The third kappa shape index (κ3) is 3.92. The van der Waals surface area contributed by atoms with Crippen molar-refractivity contribution in [2.45, 2.75) is 12.7 Å². The number of hydrogen-bond acceptors (Lipinski definition) is 6. The Morgan fingerprint density at radius 2 is 2.31 bits per heavy atom. The number of carboxylic acid groups (broad SMARTS) is 1. The molecule has 0 aromatic carbocycles. The van der Waals surface area contributed by atoms with Crippen LogP contribution < -0.4 is 4.83 Å². The lowest BCUT2D eigenvalue weighted by molar-refractivity contribution is -0.134. The summed E-state index contributed by atoms with van der Waals surface area (Å²) in [5.74, 6) is -1.48. The highest BCUT2D eigenvalue weighted by Gasteiger charge is 2.45. The fraction of sp³-hybridized carbons (Fsp3) is 0.333. The number of aliphatic carboxylic acids is 1. The molecule has 1 saturated heterocycles. The smallest absolute Gasteiger partial charge is 0.300 e. The van der Waals surface area contributed by atoms with Gasteiger partial charge in [-0.1, -0.05) is 0 Å². The summed E-state index contributed by atoms with van der Waals surface area (Å²) < 4.78 is 0. The van der Waals surface area contributed by atoms with Gasteiger partial charge in [-0.05, 0) is 23.4 Å². The molecule has 0 atom stereocenters. The summed E-state index contributed by atoms with van der Waals surface area (Å²) >= 11 is 1.37. The van der Waals surface area contributed by atoms with E-state index in [1.165, 1.54) is 11.9 Å². The summed E-state index contributed by atoms with van der Waals surface area (Å²) in [6.07, 6.45) is 3.34. The molecular weight excluding hydrogens is 196 g/mol. The maximum absolute atomic E-state index is 9.00. The van der Waals surface area contributed by atoms with Gasteiger partial charge in [-0.2, -0.15) is 14.9 Å². The van der Waals surface area contributed by atoms with Crippen LogP contribution in [-0.4, -0.2) is 23.1 Å². The van der Waals surface area contributed by atoms with Crippen LogP contribution in [0, 0.1) is 0 Å². The predicted molar refractivity (Wildman–Crippen MR) is 46.6 cm³/mol. The SMILES string of the molecule is C1=CC2(C=NNS1)OO2.CC(=O)O. The number of hydrogen-bond donors (Lipinski definition) is 2. The third-order valence-electron chi connectivity index (χ3n) is 0.994. The van der Waals surface area contributed by atoms with Crippen molar-refractivity contribution in [1.82, 2.24) is 4.83 Å². The molecule has 2 aliphatic heterocycles. The minimum atomic E-state index is -0.833. The van der Waals surface area contributed by atoms with E-state index in [0.717, 1.165) is 6.92 Å². The van der Waals surface area contributed by atoms with Crippen LogP contribution in [-0.2, 0) is 14.6 Å². The number of nitrogens with zero attached hydrogens (tertiary/aromatic N) is 1. The van der Waals surface area contributed by atoms with Gasteiger partial charge in [0.25, 0.3) is 11.8 Å². The van der Waals surface area contributed by atoms with E-state index in [-0.39, 0.29) is 0 Å². The maximum Gasteiger partial charge on any atom is 0.300 e. The van der Waals surface area contributed by atoms with Crippen LogP contribution in [0.15, 0.2) is 16.6 Å². The highest BCUT2D eigenvalue weighted by atomic mass is 32.2. The first-order valence-corrected chi connectivity index (χ1v) is 4.21. The largest absolute Gasteiger partial charge is 0.481 e. The van der Waals surface area contributed by atoms with Gasteiger partial charge < -0.3 is 5.11 Å². The number of nitrogens with one attached hydrogen (secondary N) is 1. The van der Waals surface area contributed by atoms with Gasteiger partial charge in [-0.25, -0.2) is 4.83 Å². The quantitative estimate of drug-likeness (QED) is 0.339. The minimum Gasteiger partial charge on any atom is -0.481 e. The zero-order valence-electron chi connectivity index (χ0n) is 6.76. The molecule has 0 aromatic rings. The van der Waals surface area contributed by atoms with Gasteiger partial charge >= 0.3 is 0 Å². The van der Waals surface area contributed by atoms with Crippen LogP contribution in [0.4, 0.5) is 0 Å². The zero-order chi connectivity index (χ0) is 9.73. The monoisotopic (exact) mass is 204 g/mol. The van der Waals surface area contributed by atoms with Crippen LogP contribution in [0.3, 0.4) is 0 Å². The minimum absolute atomic E-state index is 0.642. The first-order valence-electron chi connectivity index (χ1n) is 3.33. The summed E-state index contributed by atoms with van der Waals surface area (Å²) in [6.45, 7) is 1.08. The molecule has 0 aliphatic carbocycles. The molecule has 7 heteroatoms. The normalized spacial score (nSPS) is 21.0. The van der Waals surface area contributed by atoms with Crippen LogP contribution in [0.1, 0.15) is 6.92 Å². The Kier molecular flexibility index (Phi) is 3.29. The second kappa shape index (κ2) is 4.26. The number of carbonyl (C=O) groups is 1. The molecule has 0 bridgehead atoms. The Hall–Kier alpha value is -1.05. The lowest BCUT2D eigenvalue weighted by atomic mass is 10.3. The van der Waals surface area contributed by atoms with Crippen molar-refractivity contribution in [3.63, 3.8) is 0 Å². The fourth-order valence-electron chi connectivity index (χ4n) is 0.496.